The van der Waals surface area contributed by atoms with Crippen LogP contribution in [0.5, 0.6) is 0 Å². The van der Waals surface area contributed by atoms with Crippen LogP contribution in [-0.2, 0) is 6.42 Å². The zero-order valence-electron chi connectivity index (χ0n) is 14.5. The van der Waals surface area contributed by atoms with Gasteiger partial charge in [-0.25, -0.2) is 0 Å². The summed E-state index contributed by atoms with van der Waals surface area (Å²) in [6.07, 6.45) is 12.9. The average Bonchev–Trinajstić information content (AvgIpc) is 2.54. The summed E-state index contributed by atoms with van der Waals surface area (Å²) >= 11 is 0. The van der Waals surface area contributed by atoms with Gasteiger partial charge < -0.3 is 4.90 Å². The van der Waals surface area contributed by atoms with Crippen molar-refractivity contribution in [1.82, 2.24) is 4.90 Å². The van der Waals surface area contributed by atoms with Gasteiger partial charge in [-0.05, 0) is 68.4 Å². The van der Waals surface area contributed by atoms with Gasteiger partial charge in [0.15, 0.2) is 0 Å². The van der Waals surface area contributed by atoms with Crippen LogP contribution in [0.25, 0.3) is 5.57 Å². The van der Waals surface area contributed by atoms with Gasteiger partial charge in [0.2, 0.25) is 0 Å². The summed E-state index contributed by atoms with van der Waals surface area (Å²) in [6.45, 7) is 7.01. The molecule has 1 heteroatoms. The zero-order chi connectivity index (χ0) is 15.8. The number of hydrogen-bond acceptors (Lipinski definition) is 1. The van der Waals surface area contributed by atoms with E-state index in [1.165, 1.54) is 55.5 Å². The minimum atomic E-state index is 0.642. The maximum atomic E-state index is 2.46. The fourth-order valence-electron chi connectivity index (χ4n) is 3.08. The van der Waals surface area contributed by atoms with E-state index in [1.807, 2.05) is 0 Å². The molecule has 1 aromatic rings. The minimum absolute atomic E-state index is 0.642. The van der Waals surface area contributed by atoms with Crippen LogP contribution in [0, 0.1) is 5.92 Å². The van der Waals surface area contributed by atoms with Crippen LogP contribution >= 0.6 is 0 Å². The number of rotatable bonds is 8. The maximum absolute atomic E-state index is 2.46. The van der Waals surface area contributed by atoms with E-state index in [9.17, 15) is 0 Å². The Morgan fingerprint density at radius 1 is 1.09 bits per heavy atom. The van der Waals surface area contributed by atoms with E-state index in [4.69, 9.17) is 0 Å². The first-order chi connectivity index (χ1) is 10.7. The molecule has 0 amide bonds. The van der Waals surface area contributed by atoms with Gasteiger partial charge in [-0.15, -0.1) is 0 Å². The Bertz CT molecular complexity index is 495. The topological polar surface area (TPSA) is 3.24 Å². The lowest BCUT2D eigenvalue weighted by Crippen LogP contribution is -2.21. The lowest BCUT2D eigenvalue weighted by Gasteiger charge is -2.18. The third kappa shape index (κ3) is 5.14. The molecule has 1 aliphatic rings. The van der Waals surface area contributed by atoms with E-state index in [1.54, 1.807) is 0 Å². The minimum Gasteiger partial charge on any atom is -0.306 e. The van der Waals surface area contributed by atoms with Crippen LogP contribution in [-0.4, -0.2) is 25.0 Å². The van der Waals surface area contributed by atoms with Crippen LogP contribution in [0.2, 0.25) is 0 Å². The molecule has 0 heterocycles. The van der Waals surface area contributed by atoms with Crippen molar-refractivity contribution in [2.24, 2.45) is 5.92 Å². The second-order valence-electron chi connectivity index (χ2n) is 6.64. The molecule has 1 atom stereocenters. The molecule has 0 aliphatic heterocycles. The second kappa shape index (κ2) is 8.95. The van der Waals surface area contributed by atoms with E-state index < -0.39 is 0 Å². The van der Waals surface area contributed by atoms with Crippen molar-refractivity contribution in [2.45, 2.75) is 46.0 Å². The van der Waals surface area contributed by atoms with E-state index in [0.717, 1.165) is 6.42 Å². The van der Waals surface area contributed by atoms with Crippen molar-refractivity contribution in [3.8, 4) is 0 Å². The van der Waals surface area contributed by atoms with Gasteiger partial charge in [0.1, 0.15) is 0 Å². The lowest BCUT2D eigenvalue weighted by molar-refractivity contribution is 0.324. The summed E-state index contributed by atoms with van der Waals surface area (Å²) in [5, 5.41) is 0. The Labute approximate surface area is 136 Å². The molecule has 1 aliphatic carbocycles. The standard InChI is InChI=1S/C21H31N/c1-4-5-16-22(3)17-8-10-19-12-14-20(15-13-19)21-11-7-6-9-18(21)2/h6-7,11-15,18H,4-5,8-10,16-17H2,1-3H3. The predicted octanol–water partition coefficient (Wildman–Crippen LogP) is 5.33. The van der Waals surface area contributed by atoms with Crippen molar-refractivity contribution in [2.75, 3.05) is 20.1 Å². The maximum Gasteiger partial charge on any atom is -0.00186 e. The molecule has 2 rings (SSSR count). The highest BCUT2D eigenvalue weighted by Gasteiger charge is 2.11. The number of aryl methyl sites for hydroxylation is 1. The number of benzene rings is 1. The highest BCUT2D eigenvalue weighted by atomic mass is 15.1. The molecule has 0 bridgehead atoms. The van der Waals surface area contributed by atoms with Crippen molar-refractivity contribution in [3.05, 3.63) is 53.6 Å². The lowest BCUT2D eigenvalue weighted by atomic mass is 9.88. The van der Waals surface area contributed by atoms with E-state index in [2.05, 4.69) is 68.3 Å². The predicted molar refractivity (Wildman–Crippen MR) is 98.1 cm³/mol. The fraction of sp³-hybridized carbons (Fsp3) is 0.524. The van der Waals surface area contributed by atoms with Crippen LogP contribution in [0.15, 0.2) is 42.5 Å². The first-order valence-electron chi connectivity index (χ1n) is 8.85. The summed E-state index contributed by atoms with van der Waals surface area (Å²) in [4.78, 5) is 2.46. The van der Waals surface area contributed by atoms with Crippen LogP contribution < -0.4 is 0 Å². The van der Waals surface area contributed by atoms with Crippen LogP contribution in [0.1, 0.15) is 50.7 Å². The van der Waals surface area contributed by atoms with Gasteiger partial charge in [0.05, 0.1) is 0 Å². The molecule has 1 aromatic carbocycles. The summed E-state index contributed by atoms with van der Waals surface area (Å²) in [7, 11) is 2.24. The number of nitrogens with zero attached hydrogens (tertiary/aromatic N) is 1. The Morgan fingerprint density at radius 2 is 1.82 bits per heavy atom. The fourth-order valence-corrected chi connectivity index (χ4v) is 3.08. The van der Waals surface area contributed by atoms with Crippen molar-refractivity contribution >= 4 is 5.57 Å². The van der Waals surface area contributed by atoms with Gasteiger partial charge in [-0.1, -0.05) is 62.8 Å². The largest absolute Gasteiger partial charge is 0.306 e. The molecule has 0 radical (unpaired) electrons. The van der Waals surface area contributed by atoms with E-state index in [0.29, 0.717) is 5.92 Å². The normalized spacial score (nSPS) is 17.8. The summed E-state index contributed by atoms with van der Waals surface area (Å²) in [6, 6.07) is 9.23. The molecular weight excluding hydrogens is 266 g/mol. The molecule has 1 unspecified atom stereocenters. The average molecular weight is 297 g/mol. The molecule has 1 nitrogen and oxygen atoms in total. The van der Waals surface area contributed by atoms with Crippen molar-refractivity contribution in [1.29, 1.82) is 0 Å². The molecule has 120 valence electrons. The van der Waals surface area contributed by atoms with E-state index in [-0.39, 0.29) is 0 Å². The summed E-state index contributed by atoms with van der Waals surface area (Å²) in [5.41, 5.74) is 4.33. The zero-order valence-corrected chi connectivity index (χ0v) is 14.5. The monoisotopic (exact) mass is 297 g/mol. The van der Waals surface area contributed by atoms with Crippen LogP contribution in [0.4, 0.5) is 0 Å². The Morgan fingerprint density at radius 3 is 2.50 bits per heavy atom. The van der Waals surface area contributed by atoms with Crippen molar-refractivity contribution in [3.63, 3.8) is 0 Å². The molecule has 22 heavy (non-hydrogen) atoms. The molecule has 0 aromatic heterocycles. The summed E-state index contributed by atoms with van der Waals surface area (Å²) < 4.78 is 0. The molecule has 0 spiro atoms. The number of allylic oxidation sites excluding steroid dienone is 4. The summed E-state index contributed by atoms with van der Waals surface area (Å²) in [5.74, 6) is 0.642. The van der Waals surface area contributed by atoms with Gasteiger partial charge in [-0.2, -0.15) is 0 Å². The highest BCUT2D eigenvalue weighted by Crippen LogP contribution is 2.29. The number of unbranched alkanes of at least 4 members (excludes halogenated alkanes) is 1. The first-order valence-corrected chi connectivity index (χ1v) is 8.85. The van der Waals surface area contributed by atoms with Crippen LogP contribution in [0.3, 0.4) is 0 Å². The smallest absolute Gasteiger partial charge is 0.00186 e. The van der Waals surface area contributed by atoms with Crippen molar-refractivity contribution < 1.29 is 0 Å². The third-order valence-electron chi connectivity index (χ3n) is 4.62. The Kier molecular flexibility index (Phi) is 6.92. The van der Waals surface area contributed by atoms with Gasteiger partial charge in [0, 0.05) is 0 Å². The molecule has 0 fully saturated rings. The quantitative estimate of drug-likeness (QED) is 0.627. The molecular formula is C21H31N. The van der Waals surface area contributed by atoms with Gasteiger partial charge in [0.25, 0.3) is 0 Å². The first kappa shape index (κ1) is 17.0. The Balaban J connectivity index is 1.82. The van der Waals surface area contributed by atoms with Gasteiger partial charge in [-0.3, -0.25) is 0 Å². The SMILES string of the molecule is CCCCN(C)CCCc1ccc(C2=CC=CCC2C)cc1. The van der Waals surface area contributed by atoms with Gasteiger partial charge >= 0.3 is 0 Å². The number of hydrogen-bond donors (Lipinski definition) is 0. The Hall–Kier alpha value is -1.34. The molecule has 0 saturated carbocycles. The molecule has 0 saturated heterocycles. The highest BCUT2D eigenvalue weighted by molar-refractivity contribution is 5.70. The molecule has 0 N–H and O–H groups in total. The third-order valence-corrected chi connectivity index (χ3v) is 4.62. The second-order valence-corrected chi connectivity index (χ2v) is 6.64. The van der Waals surface area contributed by atoms with E-state index >= 15 is 0 Å².